The topological polar surface area (TPSA) is 17.1 Å². The lowest BCUT2D eigenvalue weighted by Gasteiger charge is -2.38. The van der Waals surface area contributed by atoms with Gasteiger partial charge in [-0.2, -0.15) is 0 Å². The minimum atomic E-state index is -0.303. The van der Waals surface area contributed by atoms with Gasteiger partial charge in [0.25, 0.3) is 0 Å². The Balaban J connectivity index is 3.07. The first-order valence-corrected chi connectivity index (χ1v) is 6.78. The normalized spacial score (nSPS) is 12.6. The molecule has 0 aliphatic heterocycles. The molecule has 1 heteroatoms. The van der Waals surface area contributed by atoms with Gasteiger partial charge >= 0.3 is 0 Å². The lowest BCUT2D eigenvalue weighted by Crippen LogP contribution is -2.36. The fourth-order valence-electron chi connectivity index (χ4n) is 2.12. The largest absolute Gasteiger partial charge is 0.303 e. The van der Waals surface area contributed by atoms with Crippen molar-refractivity contribution in [3.8, 4) is 0 Å². The predicted molar refractivity (Wildman–Crippen MR) is 77.9 cm³/mol. The third-order valence-corrected chi connectivity index (χ3v) is 4.41. The minimum Gasteiger partial charge on any atom is -0.303 e. The van der Waals surface area contributed by atoms with Crippen molar-refractivity contribution in [2.75, 3.05) is 0 Å². The van der Waals surface area contributed by atoms with Crippen LogP contribution in [0.4, 0.5) is 0 Å². The van der Waals surface area contributed by atoms with Gasteiger partial charge in [-0.1, -0.05) is 58.4 Å². The summed E-state index contributed by atoms with van der Waals surface area (Å²) in [6.45, 7) is 12.7. The first-order chi connectivity index (χ1) is 8.23. The third kappa shape index (κ3) is 3.01. The lowest BCUT2D eigenvalue weighted by molar-refractivity contribution is -0.120. The number of benzene rings is 1. The molecule has 1 aromatic rings. The quantitative estimate of drug-likeness (QED) is 0.706. The van der Waals surface area contributed by atoms with Crippen LogP contribution >= 0.6 is 0 Å². The molecule has 1 rings (SSSR count). The molecule has 0 spiro atoms. The van der Waals surface area contributed by atoms with E-state index in [0.29, 0.717) is 0 Å². The highest BCUT2D eigenvalue weighted by molar-refractivity contribution is 5.59. The van der Waals surface area contributed by atoms with Gasteiger partial charge in [0.15, 0.2) is 0 Å². The molecular weight excluding hydrogens is 220 g/mol. The number of carbonyl (C=O) groups is 1. The Hall–Kier alpha value is -1.11. The van der Waals surface area contributed by atoms with Crippen molar-refractivity contribution in [3.05, 3.63) is 34.9 Å². The van der Waals surface area contributed by atoms with Crippen molar-refractivity contribution in [1.29, 1.82) is 0 Å². The zero-order chi connectivity index (χ0) is 14.0. The summed E-state index contributed by atoms with van der Waals surface area (Å²) in [7, 11) is 0. The van der Waals surface area contributed by atoms with Gasteiger partial charge in [0, 0.05) is 5.41 Å². The van der Waals surface area contributed by atoms with Gasteiger partial charge in [0.05, 0.1) is 0 Å². The molecule has 0 heterocycles. The average Bonchev–Trinajstić information content (AvgIpc) is 2.30. The number of rotatable bonds is 5. The Morgan fingerprint density at radius 1 is 1.11 bits per heavy atom. The number of aryl methyl sites for hydroxylation is 2. The Morgan fingerprint density at radius 3 is 2.22 bits per heavy atom. The zero-order valence-corrected chi connectivity index (χ0v) is 12.6. The molecule has 18 heavy (non-hydrogen) atoms. The van der Waals surface area contributed by atoms with Gasteiger partial charge in [0.2, 0.25) is 0 Å². The van der Waals surface area contributed by atoms with Crippen LogP contribution in [-0.4, -0.2) is 6.29 Å². The average molecular weight is 246 g/mol. The second-order valence-electron chi connectivity index (χ2n) is 6.53. The molecular formula is C17H26O. The van der Waals surface area contributed by atoms with Gasteiger partial charge in [0.1, 0.15) is 6.29 Å². The van der Waals surface area contributed by atoms with E-state index in [0.717, 1.165) is 19.1 Å². The molecule has 1 aromatic carbocycles. The van der Waals surface area contributed by atoms with E-state index in [-0.39, 0.29) is 10.8 Å². The highest BCUT2D eigenvalue weighted by Gasteiger charge is 2.37. The van der Waals surface area contributed by atoms with Crippen LogP contribution < -0.4 is 0 Å². The van der Waals surface area contributed by atoms with Crippen molar-refractivity contribution in [2.45, 2.75) is 54.4 Å². The summed E-state index contributed by atoms with van der Waals surface area (Å²) in [6.07, 6.45) is 3.09. The molecule has 0 fully saturated rings. The second kappa shape index (κ2) is 5.26. The highest BCUT2D eigenvalue weighted by atomic mass is 16.1. The van der Waals surface area contributed by atoms with E-state index in [1.165, 1.54) is 16.7 Å². The molecule has 0 saturated heterocycles. The van der Waals surface area contributed by atoms with E-state index in [9.17, 15) is 4.79 Å². The molecule has 0 saturated carbocycles. The molecule has 1 nitrogen and oxygen atoms in total. The van der Waals surface area contributed by atoms with E-state index >= 15 is 0 Å². The summed E-state index contributed by atoms with van der Waals surface area (Å²) < 4.78 is 0. The summed E-state index contributed by atoms with van der Waals surface area (Å²) in [5, 5.41) is 0. The Labute approximate surface area is 112 Å². The summed E-state index contributed by atoms with van der Waals surface area (Å²) in [6, 6.07) is 6.65. The van der Waals surface area contributed by atoms with Crippen molar-refractivity contribution in [3.63, 3.8) is 0 Å². The fraction of sp³-hybridized carbons (Fsp3) is 0.588. The maximum Gasteiger partial charge on any atom is 0.126 e. The van der Waals surface area contributed by atoms with Crippen LogP contribution in [0.25, 0.3) is 0 Å². The van der Waals surface area contributed by atoms with Crippen molar-refractivity contribution in [2.24, 2.45) is 10.8 Å². The predicted octanol–water partition coefficient (Wildman–Crippen LogP) is 4.35. The number of carbonyl (C=O) groups excluding carboxylic acids is 1. The van der Waals surface area contributed by atoms with Gasteiger partial charge < -0.3 is 4.79 Å². The monoisotopic (exact) mass is 246 g/mol. The first kappa shape index (κ1) is 14.9. The minimum absolute atomic E-state index is 0.0338. The molecule has 0 N–H and O–H groups in total. The van der Waals surface area contributed by atoms with Crippen molar-refractivity contribution < 1.29 is 4.79 Å². The molecule has 0 unspecified atom stereocenters. The van der Waals surface area contributed by atoms with Gasteiger partial charge in [-0.3, -0.25) is 0 Å². The molecule has 0 atom stereocenters. The molecule has 0 aromatic heterocycles. The maximum atomic E-state index is 11.3. The zero-order valence-electron chi connectivity index (χ0n) is 12.6. The smallest absolute Gasteiger partial charge is 0.126 e. The molecule has 0 aliphatic carbocycles. The summed E-state index contributed by atoms with van der Waals surface area (Å²) >= 11 is 0. The Bertz CT molecular complexity index is 427. The van der Waals surface area contributed by atoms with Crippen LogP contribution in [0, 0.1) is 17.8 Å². The van der Waals surface area contributed by atoms with Gasteiger partial charge in [-0.15, -0.1) is 0 Å². The van der Waals surface area contributed by atoms with E-state index in [1.54, 1.807) is 0 Å². The standard InChI is InChI=1S/C17H26O/c1-7-14-10-13(2)8-9-15(14)11-16(3,4)17(5,6)12-18/h8-10,12H,7,11H2,1-6H3. The van der Waals surface area contributed by atoms with Crippen LogP contribution in [0.15, 0.2) is 18.2 Å². The molecule has 0 amide bonds. The highest BCUT2D eigenvalue weighted by Crippen LogP contribution is 2.40. The molecule has 0 radical (unpaired) electrons. The third-order valence-electron chi connectivity index (χ3n) is 4.41. The maximum absolute atomic E-state index is 11.3. The molecule has 0 aliphatic rings. The van der Waals surface area contributed by atoms with E-state index < -0.39 is 0 Å². The Kier molecular flexibility index (Phi) is 4.37. The Morgan fingerprint density at radius 2 is 1.72 bits per heavy atom. The summed E-state index contributed by atoms with van der Waals surface area (Å²) in [5.41, 5.74) is 3.76. The van der Waals surface area contributed by atoms with Crippen LogP contribution in [0.5, 0.6) is 0 Å². The SMILES string of the molecule is CCc1cc(C)ccc1CC(C)(C)C(C)(C)C=O. The van der Waals surface area contributed by atoms with Crippen molar-refractivity contribution >= 4 is 6.29 Å². The summed E-state index contributed by atoms with van der Waals surface area (Å²) in [5.74, 6) is 0. The van der Waals surface area contributed by atoms with E-state index in [1.807, 2.05) is 13.8 Å². The molecule has 100 valence electrons. The number of aldehydes is 1. The number of hydrogen-bond donors (Lipinski definition) is 0. The first-order valence-electron chi connectivity index (χ1n) is 6.78. The van der Waals surface area contributed by atoms with E-state index in [2.05, 4.69) is 45.9 Å². The van der Waals surface area contributed by atoms with Gasteiger partial charge in [-0.05, 0) is 36.3 Å². The lowest BCUT2D eigenvalue weighted by atomic mass is 9.65. The second-order valence-corrected chi connectivity index (χ2v) is 6.53. The summed E-state index contributed by atoms with van der Waals surface area (Å²) in [4.78, 5) is 11.3. The van der Waals surface area contributed by atoms with Crippen LogP contribution in [0.3, 0.4) is 0 Å². The van der Waals surface area contributed by atoms with Crippen LogP contribution in [0.1, 0.15) is 51.3 Å². The van der Waals surface area contributed by atoms with Gasteiger partial charge in [-0.25, -0.2) is 0 Å². The van der Waals surface area contributed by atoms with E-state index in [4.69, 9.17) is 0 Å². The van der Waals surface area contributed by atoms with Crippen LogP contribution in [0.2, 0.25) is 0 Å². The fourth-order valence-corrected chi connectivity index (χ4v) is 2.12. The number of hydrogen-bond acceptors (Lipinski definition) is 1. The molecule has 0 bridgehead atoms. The van der Waals surface area contributed by atoms with Crippen LogP contribution in [-0.2, 0) is 17.6 Å². The van der Waals surface area contributed by atoms with Crippen molar-refractivity contribution in [1.82, 2.24) is 0 Å².